The number of nitrogens with two attached hydrogens (primary N) is 1. The number of carbonyl (C=O) groups excluding carboxylic acids is 1. The Morgan fingerprint density at radius 2 is 2.00 bits per heavy atom. The van der Waals surface area contributed by atoms with Crippen LogP contribution in [0.5, 0.6) is 0 Å². The van der Waals surface area contributed by atoms with E-state index in [1.54, 1.807) is 35.2 Å². The number of halogens is 1. The molecule has 3 aromatic rings. The lowest BCUT2D eigenvalue weighted by molar-refractivity contribution is -0.133. The normalized spacial score (nSPS) is 16.9. The molecule has 11 heteroatoms. The Balaban J connectivity index is 1.32. The highest BCUT2D eigenvalue weighted by Gasteiger charge is 2.31. The van der Waals surface area contributed by atoms with Crippen molar-refractivity contribution in [3.05, 3.63) is 59.9 Å². The number of carbonyl (C=O) groups is 1. The highest BCUT2D eigenvalue weighted by atomic mass is 32.2. The minimum Gasteiger partial charge on any atom is -0.337 e. The highest BCUT2D eigenvalue weighted by molar-refractivity contribution is 7.90. The number of aryl methyl sites for hydroxylation is 1. The van der Waals surface area contributed by atoms with E-state index in [-0.39, 0.29) is 28.7 Å². The summed E-state index contributed by atoms with van der Waals surface area (Å²) in [6, 6.07) is 12.1. The predicted molar refractivity (Wildman–Crippen MR) is 129 cm³/mol. The maximum Gasteiger partial charge on any atom is 0.321 e. The third-order valence-electron chi connectivity index (χ3n) is 6.12. The summed E-state index contributed by atoms with van der Waals surface area (Å²) in [6.07, 6.45) is 3.58. The summed E-state index contributed by atoms with van der Waals surface area (Å²) in [7, 11) is -3.29. The molecule has 1 unspecified atom stereocenters. The summed E-state index contributed by atoms with van der Waals surface area (Å²) in [5.41, 5.74) is 7.32. The molecule has 1 aliphatic heterocycles. The Bertz CT molecular complexity index is 1280. The van der Waals surface area contributed by atoms with Crippen molar-refractivity contribution in [1.82, 2.24) is 15.0 Å². The Labute approximate surface area is 203 Å². The van der Waals surface area contributed by atoms with E-state index in [0.717, 1.165) is 19.1 Å². The topological polar surface area (TPSA) is 131 Å². The summed E-state index contributed by atoms with van der Waals surface area (Å²) in [6.45, 7) is 1.03. The Morgan fingerprint density at radius 3 is 2.71 bits per heavy atom. The number of anilines is 1. The van der Waals surface area contributed by atoms with Gasteiger partial charge in [-0.15, -0.1) is 0 Å². The molecule has 0 radical (unpaired) electrons. The van der Waals surface area contributed by atoms with Crippen LogP contribution < -0.4 is 11.1 Å². The fourth-order valence-corrected chi connectivity index (χ4v) is 4.79. The van der Waals surface area contributed by atoms with Crippen molar-refractivity contribution in [3.63, 3.8) is 0 Å². The fourth-order valence-electron chi connectivity index (χ4n) is 4.16. The lowest BCUT2D eigenvalue weighted by Crippen LogP contribution is -2.48. The molecule has 0 bridgehead atoms. The SMILES string of the molecule is CS(=O)(=O)c1ccc(-c2noc(NC[C@@H]3CCCN3C(=O)C(N)CCc3ccccc3F)n2)cc1. The van der Waals surface area contributed by atoms with Gasteiger partial charge in [0, 0.05) is 31.0 Å². The molecule has 2 atom stereocenters. The summed E-state index contributed by atoms with van der Waals surface area (Å²) in [5, 5.41) is 7.02. The second-order valence-corrected chi connectivity index (χ2v) is 10.7. The molecule has 0 aliphatic carbocycles. The lowest BCUT2D eigenvalue weighted by atomic mass is 10.0. The van der Waals surface area contributed by atoms with Crippen LogP contribution in [0.4, 0.5) is 10.4 Å². The van der Waals surface area contributed by atoms with Crippen LogP contribution in [0.25, 0.3) is 11.4 Å². The van der Waals surface area contributed by atoms with Gasteiger partial charge in [0.1, 0.15) is 5.82 Å². The van der Waals surface area contributed by atoms with Crippen molar-refractivity contribution in [2.24, 2.45) is 5.73 Å². The second-order valence-electron chi connectivity index (χ2n) is 8.66. The quantitative estimate of drug-likeness (QED) is 0.457. The van der Waals surface area contributed by atoms with Gasteiger partial charge in [0.25, 0.3) is 0 Å². The van der Waals surface area contributed by atoms with E-state index >= 15 is 0 Å². The Morgan fingerprint density at radius 1 is 1.26 bits per heavy atom. The molecule has 1 saturated heterocycles. The minimum absolute atomic E-state index is 0.0774. The first-order valence-electron chi connectivity index (χ1n) is 11.4. The number of hydrogen-bond acceptors (Lipinski definition) is 8. The van der Waals surface area contributed by atoms with Crippen LogP contribution in [0.15, 0.2) is 57.9 Å². The van der Waals surface area contributed by atoms with Gasteiger partial charge in [0.05, 0.1) is 10.9 Å². The van der Waals surface area contributed by atoms with E-state index in [9.17, 15) is 17.6 Å². The van der Waals surface area contributed by atoms with Gasteiger partial charge < -0.3 is 20.5 Å². The molecule has 1 aliphatic rings. The van der Waals surface area contributed by atoms with Crippen molar-refractivity contribution in [2.75, 3.05) is 24.7 Å². The average Bonchev–Trinajstić information content (AvgIpc) is 3.51. The van der Waals surface area contributed by atoms with Crippen molar-refractivity contribution in [2.45, 2.75) is 42.7 Å². The number of aromatic nitrogens is 2. The Hall–Kier alpha value is -3.31. The van der Waals surface area contributed by atoms with E-state index in [4.69, 9.17) is 10.3 Å². The first kappa shape index (κ1) is 24.8. The molecular weight excluding hydrogens is 473 g/mol. The number of rotatable bonds is 9. The Kier molecular flexibility index (Phi) is 7.46. The first-order chi connectivity index (χ1) is 16.7. The van der Waals surface area contributed by atoms with Crippen LogP contribution in [0.3, 0.4) is 0 Å². The van der Waals surface area contributed by atoms with Gasteiger partial charge in [-0.3, -0.25) is 4.79 Å². The van der Waals surface area contributed by atoms with Crippen LogP contribution in [-0.4, -0.2) is 60.8 Å². The number of nitrogens with zero attached hydrogens (tertiary/aromatic N) is 3. The molecule has 2 heterocycles. The third-order valence-corrected chi connectivity index (χ3v) is 7.24. The monoisotopic (exact) mass is 501 g/mol. The zero-order valence-electron chi connectivity index (χ0n) is 19.4. The largest absolute Gasteiger partial charge is 0.337 e. The summed E-state index contributed by atoms with van der Waals surface area (Å²) in [4.78, 5) is 19.2. The van der Waals surface area contributed by atoms with Gasteiger partial charge in [-0.05, 0) is 61.6 Å². The number of amides is 1. The molecule has 0 saturated carbocycles. The van der Waals surface area contributed by atoms with E-state index in [1.807, 2.05) is 0 Å². The van der Waals surface area contributed by atoms with Crippen LogP contribution in [0.2, 0.25) is 0 Å². The van der Waals surface area contributed by atoms with Crippen LogP contribution >= 0.6 is 0 Å². The number of nitrogens with one attached hydrogen (secondary N) is 1. The predicted octanol–water partition coefficient (Wildman–Crippen LogP) is 2.64. The molecule has 0 spiro atoms. The van der Waals surface area contributed by atoms with Gasteiger partial charge in [-0.25, -0.2) is 12.8 Å². The van der Waals surface area contributed by atoms with E-state index in [2.05, 4.69) is 15.5 Å². The van der Waals surface area contributed by atoms with Gasteiger partial charge in [0.2, 0.25) is 11.7 Å². The number of benzene rings is 2. The standard InChI is InChI=1S/C24H28FN5O4S/c1-35(32,33)19-11-8-17(9-12-19)22-28-24(34-29-22)27-15-18-6-4-14-30(18)23(31)21(26)13-10-16-5-2-3-7-20(16)25/h2-3,5,7-9,11-12,18,21H,4,6,10,13-15,26H2,1H3,(H,27,28,29)/t18-,21?/m0/s1. The van der Waals surface area contributed by atoms with Gasteiger partial charge >= 0.3 is 6.01 Å². The van der Waals surface area contributed by atoms with E-state index in [1.165, 1.54) is 18.2 Å². The smallest absolute Gasteiger partial charge is 0.321 e. The van der Waals surface area contributed by atoms with Crippen molar-refractivity contribution in [3.8, 4) is 11.4 Å². The lowest BCUT2D eigenvalue weighted by Gasteiger charge is -2.27. The molecule has 9 nitrogen and oxygen atoms in total. The molecule has 4 rings (SSSR count). The summed E-state index contributed by atoms with van der Waals surface area (Å²) in [5.74, 6) is -0.120. The molecule has 35 heavy (non-hydrogen) atoms. The zero-order chi connectivity index (χ0) is 25.0. The molecule has 1 fully saturated rings. The number of hydrogen-bond donors (Lipinski definition) is 2. The summed E-state index contributed by atoms with van der Waals surface area (Å²) >= 11 is 0. The highest BCUT2D eigenvalue weighted by Crippen LogP contribution is 2.22. The maximum absolute atomic E-state index is 13.9. The molecule has 1 amide bonds. The van der Waals surface area contributed by atoms with Crippen molar-refractivity contribution < 1.29 is 22.1 Å². The fraction of sp³-hybridized carbons (Fsp3) is 0.375. The van der Waals surface area contributed by atoms with Gasteiger partial charge in [-0.1, -0.05) is 23.4 Å². The molecule has 3 N–H and O–H groups in total. The van der Waals surface area contributed by atoms with Crippen molar-refractivity contribution in [1.29, 1.82) is 0 Å². The van der Waals surface area contributed by atoms with Crippen LogP contribution in [-0.2, 0) is 21.1 Å². The minimum atomic E-state index is -3.29. The van der Waals surface area contributed by atoms with E-state index < -0.39 is 15.9 Å². The number of likely N-dealkylation sites (tertiary alicyclic amines) is 1. The first-order valence-corrected chi connectivity index (χ1v) is 13.3. The maximum atomic E-state index is 13.9. The second kappa shape index (κ2) is 10.5. The average molecular weight is 502 g/mol. The van der Waals surface area contributed by atoms with Gasteiger partial charge in [0.15, 0.2) is 9.84 Å². The van der Waals surface area contributed by atoms with Crippen LogP contribution in [0.1, 0.15) is 24.8 Å². The molecule has 1 aromatic heterocycles. The van der Waals surface area contributed by atoms with E-state index in [0.29, 0.717) is 42.9 Å². The van der Waals surface area contributed by atoms with Crippen LogP contribution in [0, 0.1) is 5.82 Å². The van der Waals surface area contributed by atoms with Gasteiger partial charge in [-0.2, -0.15) is 4.98 Å². The zero-order valence-corrected chi connectivity index (χ0v) is 20.2. The third kappa shape index (κ3) is 6.04. The number of sulfone groups is 1. The molecule has 186 valence electrons. The molecule has 2 aromatic carbocycles. The molecular formula is C24H28FN5O4S. The summed E-state index contributed by atoms with van der Waals surface area (Å²) < 4.78 is 42.3. The van der Waals surface area contributed by atoms with Crippen molar-refractivity contribution >= 4 is 21.8 Å².